The summed E-state index contributed by atoms with van der Waals surface area (Å²) in [7, 11) is 0. The predicted molar refractivity (Wildman–Crippen MR) is 125 cm³/mol. The van der Waals surface area contributed by atoms with E-state index < -0.39 is 35.1 Å². The number of carboxylic acid groups (broad SMARTS) is 1. The van der Waals surface area contributed by atoms with Crippen LogP contribution in [0.2, 0.25) is 0 Å². The number of allylic oxidation sites excluding steroid dienone is 4. The van der Waals surface area contributed by atoms with Gasteiger partial charge in [-0.25, -0.2) is 13.6 Å². The number of hydrogen-bond donors (Lipinski definition) is 4. The monoisotopic (exact) mass is 513 g/mol. The maximum atomic E-state index is 14.5. The van der Waals surface area contributed by atoms with Crippen LogP contribution in [0.25, 0.3) is 5.57 Å². The molecule has 2 bridgehead atoms. The second kappa shape index (κ2) is 10.7. The molecule has 9 nitrogen and oxygen atoms in total. The first kappa shape index (κ1) is 25.7. The highest BCUT2D eigenvalue weighted by atomic mass is 19.1. The van der Waals surface area contributed by atoms with Gasteiger partial charge in [-0.3, -0.25) is 9.59 Å². The summed E-state index contributed by atoms with van der Waals surface area (Å²) in [6.07, 6.45) is 1.74. The van der Waals surface area contributed by atoms with Crippen molar-refractivity contribution in [3.63, 3.8) is 0 Å². The number of nitrogens with one attached hydrogen (secondary N) is 1. The molecule has 2 aromatic rings. The number of phenols is 1. The molecule has 1 aliphatic heterocycles. The smallest absolute Gasteiger partial charge is 0.336 e. The number of carbonyl (C=O) groups is 3. The van der Waals surface area contributed by atoms with Crippen LogP contribution in [0.1, 0.15) is 38.3 Å². The normalized spacial score (nSPS) is 14.6. The van der Waals surface area contributed by atoms with Gasteiger partial charge in [0.25, 0.3) is 5.91 Å². The van der Waals surface area contributed by atoms with Crippen LogP contribution in [0, 0.1) is 5.82 Å². The van der Waals surface area contributed by atoms with Crippen molar-refractivity contribution in [1.82, 2.24) is 5.32 Å². The van der Waals surface area contributed by atoms with Crippen molar-refractivity contribution in [2.24, 2.45) is 0 Å². The number of aromatic carboxylic acids is 1. The summed E-state index contributed by atoms with van der Waals surface area (Å²) in [6, 6.07) is 5.70. The molecule has 0 aromatic heterocycles. The molecule has 0 saturated carbocycles. The van der Waals surface area contributed by atoms with Gasteiger partial charge in [0.1, 0.15) is 11.5 Å². The van der Waals surface area contributed by atoms with Gasteiger partial charge in [-0.1, -0.05) is 6.07 Å². The first-order valence-electron chi connectivity index (χ1n) is 11.1. The molecule has 11 heteroatoms. The van der Waals surface area contributed by atoms with Crippen molar-refractivity contribution in [3.05, 3.63) is 87.7 Å². The number of halogens is 2. The predicted octanol–water partition coefficient (Wildman–Crippen LogP) is 2.87. The fraction of sp³-hybridized carbons (Fsp3) is 0.192. The number of ketones is 1. The summed E-state index contributed by atoms with van der Waals surface area (Å²) in [4.78, 5) is 36.9. The number of benzene rings is 2. The zero-order valence-corrected chi connectivity index (χ0v) is 19.2. The Labute approximate surface area is 208 Å². The number of fused-ring (bicyclic) bond motifs is 3. The summed E-state index contributed by atoms with van der Waals surface area (Å²) in [6.45, 7) is 0.177. The van der Waals surface area contributed by atoms with Gasteiger partial charge < -0.3 is 30.1 Å². The highest BCUT2D eigenvalue weighted by Gasteiger charge is 2.29. The summed E-state index contributed by atoms with van der Waals surface area (Å²) in [5, 5.41) is 31.1. The lowest BCUT2D eigenvalue weighted by molar-refractivity contribution is -0.112. The Balaban J connectivity index is 1.85. The van der Waals surface area contributed by atoms with Gasteiger partial charge >= 0.3 is 5.97 Å². The molecule has 0 atom stereocenters. The van der Waals surface area contributed by atoms with Crippen LogP contribution in [0.4, 0.5) is 8.78 Å². The van der Waals surface area contributed by atoms with E-state index in [4.69, 9.17) is 14.6 Å². The Bertz CT molecular complexity index is 1390. The molecule has 0 saturated heterocycles. The van der Waals surface area contributed by atoms with Crippen LogP contribution >= 0.6 is 0 Å². The average Bonchev–Trinajstić information content (AvgIpc) is 3.08. The lowest BCUT2D eigenvalue weighted by Crippen LogP contribution is -2.27. The summed E-state index contributed by atoms with van der Waals surface area (Å²) in [5.41, 5.74) is -0.104. The molecule has 1 heterocycles. The van der Waals surface area contributed by atoms with Gasteiger partial charge in [0, 0.05) is 36.2 Å². The number of aliphatic hydroxyl groups excluding tert-OH is 1. The van der Waals surface area contributed by atoms with Crippen LogP contribution in [0.5, 0.6) is 11.5 Å². The van der Waals surface area contributed by atoms with Gasteiger partial charge in [0.05, 0.1) is 25.4 Å². The molecule has 0 unspecified atom stereocenters. The highest BCUT2D eigenvalue weighted by molar-refractivity contribution is 6.06. The molecule has 2 aliphatic rings. The number of aliphatic hydroxyl groups is 1. The molecular weight excluding hydrogens is 492 g/mol. The number of carbonyl (C=O) groups excluding carboxylic acids is 2. The summed E-state index contributed by atoms with van der Waals surface area (Å²) < 4.78 is 39.7. The maximum Gasteiger partial charge on any atom is 0.336 e. The second-order valence-corrected chi connectivity index (χ2v) is 8.10. The fourth-order valence-corrected chi connectivity index (χ4v) is 4.00. The third kappa shape index (κ3) is 5.42. The van der Waals surface area contributed by atoms with E-state index in [0.29, 0.717) is 0 Å². The number of rotatable bonds is 8. The van der Waals surface area contributed by atoms with Crippen molar-refractivity contribution in [3.8, 4) is 11.5 Å². The molecule has 37 heavy (non-hydrogen) atoms. The average molecular weight is 513 g/mol. The third-order valence-electron chi connectivity index (χ3n) is 5.62. The fourth-order valence-electron chi connectivity index (χ4n) is 4.00. The first-order chi connectivity index (χ1) is 17.7. The van der Waals surface area contributed by atoms with Crippen molar-refractivity contribution in [2.45, 2.75) is 6.42 Å². The SMILES string of the molecule is O=C1C=C2CC(=C(c3ccc(C(=O)NCCOCCO)cc3C(=O)O)c3cc(F)c(O)cc3O2)C=C1F. The van der Waals surface area contributed by atoms with E-state index >= 15 is 0 Å². The minimum Gasteiger partial charge on any atom is -0.505 e. The lowest BCUT2D eigenvalue weighted by atomic mass is 9.87. The standard InChI is InChI=1S/C26H21F2NO8/c27-19-9-14-7-15(10-21(19)31)37-23-12-22(32)20(28)11-18(23)24(14)16-2-1-13(8-17(16)26(34)35)25(33)29-3-5-36-6-4-30/h1-2,8-12,30,32H,3-7H2,(H,29,33)(H,34,35). The van der Waals surface area contributed by atoms with Gasteiger partial charge in [-0.2, -0.15) is 0 Å². The zero-order chi connectivity index (χ0) is 26.7. The van der Waals surface area contributed by atoms with Crippen molar-refractivity contribution >= 4 is 23.2 Å². The van der Waals surface area contributed by atoms with E-state index in [1.54, 1.807) is 0 Å². The van der Waals surface area contributed by atoms with E-state index in [2.05, 4.69) is 5.32 Å². The van der Waals surface area contributed by atoms with E-state index in [1.807, 2.05) is 0 Å². The second-order valence-electron chi connectivity index (χ2n) is 8.10. The van der Waals surface area contributed by atoms with Gasteiger partial charge in [-0.15, -0.1) is 0 Å². The molecule has 4 N–H and O–H groups in total. The van der Waals surface area contributed by atoms with Gasteiger partial charge in [-0.05, 0) is 41.0 Å². The number of phenolic OH excluding ortho intramolecular Hbond substituents is 1. The largest absolute Gasteiger partial charge is 0.505 e. The lowest BCUT2D eigenvalue weighted by Gasteiger charge is -2.17. The van der Waals surface area contributed by atoms with Crippen LogP contribution in [0.15, 0.2) is 59.6 Å². The number of amides is 1. The first-order valence-corrected chi connectivity index (χ1v) is 11.1. The Morgan fingerprint density at radius 2 is 1.86 bits per heavy atom. The summed E-state index contributed by atoms with van der Waals surface area (Å²) in [5.74, 6) is -5.91. The van der Waals surface area contributed by atoms with Crippen LogP contribution < -0.4 is 10.1 Å². The minimum absolute atomic E-state index is 0.00856. The number of carboxylic acids is 1. The van der Waals surface area contributed by atoms with Crippen molar-refractivity contribution in [2.75, 3.05) is 26.4 Å². The number of aromatic hydroxyl groups is 1. The topological polar surface area (TPSA) is 142 Å². The van der Waals surface area contributed by atoms with E-state index in [1.165, 1.54) is 12.1 Å². The van der Waals surface area contributed by atoms with Gasteiger partial charge in [0.2, 0.25) is 5.78 Å². The Hall–Kier alpha value is -4.35. The molecule has 1 amide bonds. The Morgan fingerprint density at radius 3 is 2.59 bits per heavy atom. The van der Waals surface area contributed by atoms with E-state index in [9.17, 15) is 33.4 Å². The van der Waals surface area contributed by atoms with Crippen LogP contribution in [-0.4, -0.2) is 59.3 Å². The van der Waals surface area contributed by atoms with Crippen LogP contribution in [-0.2, 0) is 9.53 Å². The Morgan fingerprint density at radius 1 is 1.08 bits per heavy atom. The molecule has 1 aliphatic carbocycles. The molecule has 192 valence electrons. The molecular formula is C26H21F2NO8. The third-order valence-corrected chi connectivity index (χ3v) is 5.62. The number of ether oxygens (including phenoxy) is 2. The quantitative estimate of drug-likeness (QED) is 0.395. The Kier molecular flexibility index (Phi) is 7.46. The van der Waals surface area contributed by atoms with Crippen molar-refractivity contribution < 1.29 is 48.0 Å². The molecule has 4 rings (SSSR count). The van der Waals surface area contributed by atoms with Crippen LogP contribution in [0.3, 0.4) is 0 Å². The minimum atomic E-state index is -1.42. The van der Waals surface area contributed by atoms with E-state index in [-0.39, 0.29) is 77.7 Å². The molecule has 2 aromatic carbocycles. The maximum absolute atomic E-state index is 14.5. The number of hydrogen-bond acceptors (Lipinski definition) is 7. The zero-order valence-electron chi connectivity index (χ0n) is 19.2. The molecule has 0 fully saturated rings. The molecule has 0 radical (unpaired) electrons. The summed E-state index contributed by atoms with van der Waals surface area (Å²) >= 11 is 0. The highest BCUT2D eigenvalue weighted by Crippen LogP contribution is 2.44. The van der Waals surface area contributed by atoms with Gasteiger partial charge in [0.15, 0.2) is 17.4 Å². The van der Waals surface area contributed by atoms with Crippen molar-refractivity contribution in [1.29, 1.82) is 0 Å². The van der Waals surface area contributed by atoms with E-state index in [0.717, 1.165) is 30.4 Å². The molecule has 0 spiro atoms.